The van der Waals surface area contributed by atoms with Gasteiger partial charge in [0.15, 0.2) is 0 Å². The highest BCUT2D eigenvalue weighted by atomic mass is 79.9. The van der Waals surface area contributed by atoms with Crippen molar-refractivity contribution < 1.29 is 0 Å². The molecule has 0 spiro atoms. The van der Waals surface area contributed by atoms with Crippen LogP contribution in [0.4, 0.5) is 11.6 Å². The largest absolute Gasteiger partial charge is 0.325 e. The fourth-order valence-corrected chi connectivity index (χ4v) is 2.46. The van der Waals surface area contributed by atoms with Crippen LogP contribution in [-0.4, -0.2) is 9.55 Å². The minimum Gasteiger partial charge on any atom is -0.325 e. The second-order valence-corrected chi connectivity index (χ2v) is 4.98. The molecule has 18 heavy (non-hydrogen) atoms. The van der Waals surface area contributed by atoms with E-state index < -0.39 is 0 Å². The molecule has 0 aliphatic rings. The van der Waals surface area contributed by atoms with Gasteiger partial charge in [-0.05, 0) is 17.5 Å². The first-order valence-electron chi connectivity index (χ1n) is 5.67. The number of hydrogen-bond acceptors (Lipinski definition) is 2. The molecule has 0 bridgehead atoms. The Kier molecular flexibility index (Phi) is 2.80. The van der Waals surface area contributed by atoms with Crippen LogP contribution in [0.2, 0.25) is 0 Å². The first-order valence-corrected chi connectivity index (χ1v) is 6.46. The van der Waals surface area contributed by atoms with E-state index in [9.17, 15) is 0 Å². The monoisotopic (exact) mass is 301 g/mol. The fraction of sp³-hybridized carbons (Fsp3) is 0.0714. The standard InChI is InChI=1S/C14H12BrN3/c1-18-9-8-16-14(18)17-13-7-6-12(15)10-4-2-3-5-11(10)13/h2-9H,1H3,(H,16,17). The SMILES string of the molecule is Cn1ccnc1Nc1ccc(Br)c2ccccc12. The van der Waals surface area contributed by atoms with E-state index >= 15 is 0 Å². The minimum atomic E-state index is 0.836. The molecule has 2 aromatic carbocycles. The molecule has 1 aromatic heterocycles. The minimum absolute atomic E-state index is 0.836. The van der Waals surface area contributed by atoms with Crippen LogP contribution >= 0.6 is 15.9 Å². The van der Waals surface area contributed by atoms with Gasteiger partial charge in [0.25, 0.3) is 0 Å². The van der Waals surface area contributed by atoms with E-state index in [-0.39, 0.29) is 0 Å². The summed E-state index contributed by atoms with van der Waals surface area (Å²) >= 11 is 3.57. The Hall–Kier alpha value is -1.81. The van der Waals surface area contributed by atoms with Crippen molar-refractivity contribution in [2.75, 3.05) is 5.32 Å². The molecule has 0 atom stereocenters. The van der Waals surface area contributed by atoms with Gasteiger partial charge in [0.1, 0.15) is 0 Å². The van der Waals surface area contributed by atoms with Crippen molar-refractivity contribution in [1.82, 2.24) is 9.55 Å². The zero-order chi connectivity index (χ0) is 12.5. The molecule has 0 saturated carbocycles. The van der Waals surface area contributed by atoms with Crippen LogP contribution in [0.1, 0.15) is 0 Å². The van der Waals surface area contributed by atoms with E-state index in [0.717, 1.165) is 16.1 Å². The molecule has 90 valence electrons. The highest BCUT2D eigenvalue weighted by Crippen LogP contribution is 2.31. The van der Waals surface area contributed by atoms with Crippen molar-refractivity contribution in [3.8, 4) is 0 Å². The summed E-state index contributed by atoms with van der Waals surface area (Å²) in [6, 6.07) is 12.4. The predicted molar refractivity (Wildman–Crippen MR) is 78.1 cm³/mol. The molecule has 0 saturated heterocycles. The molecule has 0 amide bonds. The van der Waals surface area contributed by atoms with Gasteiger partial charge >= 0.3 is 0 Å². The van der Waals surface area contributed by atoms with Gasteiger partial charge in [-0.3, -0.25) is 0 Å². The maximum absolute atomic E-state index is 4.28. The van der Waals surface area contributed by atoms with E-state index in [0.29, 0.717) is 0 Å². The average Bonchev–Trinajstić information content (AvgIpc) is 2.79. The number of fused-ring (bicyclic) bond motifs is 1. The van der Waals surface area contributed by atoms with E-state index in [1.807, 2.05) is 36.0 Å². The third kappa shape index (κ3) is 1.88. The topological polar surface area (TPSA) is 29.9 Å². The Morgan fingerprint density at radius 3 is 2.61 bits per heavy atom. The lowest BCUT2D eigenvalue weighted by atomic mass is 10.1. The van der Waals surface area contributed by atoms with Gasteiger partial charge in [-0.2, -0.15) is 0 Å². The number of nitrogens with one attached hydrogen (secondary N) is 1. The Labute approximate surface area is 114 Å². The summed E-state index contributed by atoms with van der Waals surface area (Å²) in [5.74, 6) is 0.836. The van der Waals surface area contributed by atoms with Crippen molar-refractivity contribution in [3.63, 3.8) is 0 Å². The Morgan fingerprint density at radius 1 is 1.11 bits per heavy atom. The zero-order valence-electron chi connectivity index (χ0n) is 9.89. The van der Waals surface area contributed by atoms with Gasteiger partial charge in [0.05, 0.1) is 0 Å². The molecule has 0 unspecified atom stereocenters. The molecule has 1 N–H and O–H groups in total. The van der Waals surface area contributed by atoms with Crippen LogP contribution < -0.4 is 5.32 Å². The molecule has 0 radical (unpaired) electrons. The number of hydrogen-bond donors (Lipinski definition) is 1. The molecule has 4 heteroatoms. The molecule has 1 heterocycles. The lowest BCUT2D eigenvalue weighted by Gasteiger charge is -2.10. The van der Waals surface area contributed by atoms with Gasteiger partial charge in [0, 0.05) is 35.0 Å². The Balaban J connectivity index is 2.13. The van der Waals surface area contributed by atoms with Crippen molar-refractivity contribution in [2.24, 2.45) is 7.05 Å². The van der Waals surface area contributed by atoms with Gasteiger partial charge in [0.2, 0.25) is 5.95 Å². The lowest BCUT2D eigenvalue weighted by molar-refractivity contribution is 0.925. The number of halogens is 1. The van der Waals surface area contributed by atoms with Crippen LogP contribution in [0.5, 0.6) is 0 Å². The molecular formula is C14H12BrN3. The highest BCUT2D eigenvalue weighted by Gasteiger charge is 2.06. The number of imidazole rings is 1. The van der Waals surface area contributed by atoms with Crippen molar-refractivity contribution in [1.29, 1.82) is 0 Å². The van der Waals surface area contributed by atoms with E-state index in [1.54, 1.807) is 6.20 Å². The van der Waals surface area contributed by atoms with Crippen LogP contribution in [0, 0.1) is 0 Å². The maximum atomic E-state index is 4.28. The lowest BCUT2D eigenvalue weighted by Crippen LogP contribution is -1.99. The summed E-state index contributed by atoms with van der Waals surface area (Å²) in [7, 11) is 1.97. The molecule has 3 nitrogen and oxygen atoms in total. The van der Waals surface area contributed by atoms with Crippen molar-refractivity contribution in [2.45, 2.75) is 0 Å². The van der Waals surface area contributed by atoms with Crippen LogP contribution in [-0.2, 0) is 7.05 Å². The van der Waals surface area contributed by atoms with Crippen molar-refractivity contribution in [3.05, 3.63) is 53.3 Å². The number of benzene rings is 2. The second-order valence-electron chi connectivity index (χ2n) is 4.13. The summed E-state index contributed by atoms with van der Waals surface area (Å²) in [5, 5.41) is 5.72. The third-order valence-electron chi connectivity index (χ3n) is 2.94. The number of aryl methyl sites for hydroxylation is 1. The van der Waals surface area contributed by atoms with Crippen LogP contribution in [0.3, 0.4) is 0 Å². The Morgan fingerprint density at radius 2 is 1.89 bits per heavy atom. The van der Waals surface area contributed by atoms with E-state index in [1.165, 1.54) is 10.8 Å². The molecule has 0 aliphatic heterocycles. The zero-order valence-corrected chi connectivity index (χ0v) is 11.5. The summed E-state index contributed by atoms with van der Waals surface area (Å²) in [6.07, 6.45) is 3.70. The smallest absolute Gasteiger partial charge is 0.207 e. The first-order chi connectivity index (χ1) is 8.75. The Bertz CT molecular complexity index is 703. The van der Waals surface area contributed by atoms with Gasteiger partial charge < -0.3 is 9.88 Å². The van der Waals surface area contributed by atoms with Gasteiger partial charge in [-0.1, -0.05) is 40.2 Å². The number of nitrogens with zero attached hydrogens (tertiary/aromatic N) is 2. The van der Waals surface area contributed by atoms with Crippen LogP contribution in [0.15, 0.2) is 53.3 Å². The van der Waals surface area contributed by atoms with Gasteiger partial charge in [-0.15, -0.1) is 0 Å². The maximum Gasteiger partial charge on any atom is 0.207 e. The average molecular weight is 302 g/mol. The van der Waals surface area contributed by atoms with E-state index in [4.69, 9.17) is 0 Å². The number of aromatic nitrogens is 2. The summed E-state index contributed by atoms with van der Waals surface area (Å²) in [4.78, 5) is 4.28. The number of anilines is 2. The van der Waals surface area contributed by atoms with E-state index in [2.05, 4.69) is 44.4 Å². The molecule has 0 fully saturated rings. The number of rotatable bonds is 2. The molecule has 0 aliphatic carbocycles. The normalized spacial score (nSPS) is 10.8. The predicted octanol–water partition coefficient (Wildman–Crippen LogP) is 4.08. The molecule has 3 aromatic rings. The summed E-state index contributed by atoms with van der Waals surface area (Å²) in [6.45, 7) is 0. The fourth-order valence-electron chi connectivity index (χ4n) is 1.98. The molecule has 3 rings (SSSR count). The summed E-state index contributed by atoms with van der Waals surface area (Å²) in [5.41, 5.74) is 1.06. The highest BCUT2D eigenvalue weighted by molar-refractivity contribution is 9.10. The second kappa shape index (κ2) is 4.46. The van der Waals surface area contributed by atoms with Crippen molar-refractivity contribution >= 4 is 38.3 Å². The molecular weight excluding hydrogens is 290 g/mol. The first kappa shape index (κ1) is 11.3. The van der Waals surface area contributed by atoms with Crippen LogP contribution in [0.25, 0.3) is 10.8 Å². The van der Waals surface area contributed by atoms with Gasteiger partial charge in [-0.25, -0.2) is 4.98 Å². The quantitative estimate of drug-likeness (QED) is 0.773. The summed E-state index contributed by atoms with van der Waals surface area (Å²) < 4.78 is 3.06. The third-order valence-corrected chi connectivity index (χ3v) is 3.63.